The number of fused-ring (bicyclic) bond motifs is 1. The highest BCUT2D eigenvalue weighted by atomic mass is 32.2. The van der Waals surface area contributed by atoms with Crippen LogP contribution < -0.4 is 5.69 Å². The van der Waals surface area contributed by atoms with Gasteiger partial charge < -0.3 is 4.42 Å². The van der Waals surface area contributed by atoms with Gasteiger partial charge in [0.25, 0.3) is 0 Å². The van der Waals surface area contributed by atoms with Gasteiger partial charge in [0.05, 0.1) is 12.8 Å². The number of furan rings is 1. The molecule has 0 unspecified atom stereocenters. The summed E-state index contributed by atoms with van der Waals surface area (Å²) >= 11 is 1.56. The number of pyridine rings is 1. The van der Waals surface area contributed by atoms with Crippen molar-refractivity contribution in [3.8, 4) is 11.6 Å². The maximum Gasteiger partial charge on any atom is 0.350 e. The summed E-state index contributed by atoms with van der Waals surface area (Å²) in [5, 5.41) is 13.8. The SMILES string of the molecule is CC(C)Cn1c(SCCn2nc3ccccn3c2=O)nnc1-c1ccco1. The Morgan fingerprint density at radius 2 is 2.07 bits per heavy atom. The molecule has 0 aliphatic carbocycles. The second-order valence-corrected chi connectivity index (χ2v) is 7.63. The molecule has 0 saturated carbocycles. The van der Waals surface area contributed by atoms with Gasteiger partial charge in [0.15, 0.2) is 22.4 Å². The molecule has 0 amide bonds. The largest absolute Gasteiger partial charge is 0.461 e. The molecule has 0 aliphatic rings. The van der Waals surface area contributed by atoms with Gasteiger partial charge in [-0.2, -0.15) is 0 Å². The van der Waals surface area contributed by atoms with Crippen LogP contribution in [0.5, 0.6) is 0 Å². The molecule has 0 aliphatic heterocycles. The lowest BCUT2D eigenvalue weighted by Crippen LogP contribution is -2.22. The van der Waals surface area contributed by atoms with Gasteiger partial charge in [-0.3, -0.25) is 8.97 Å². The Morgan fingerprint density at radius 1 is 1.19 bits per heavy atom. The van der Waals surface area contributed by atoms with Crippen molar-refractivity contribution in [2.75, 3.05) is 5.75 Å². The molecule has 27 heavy (non-hydrogen) atoms. The van der Waals surface area contributed by atoms with Gasteiger partial charge in [0, 0.05) is 18.5 Å². The Balaban J connectivity index is 1.52. The van der Waals surface area contributed by atoms with Gasteiger partial charge >= 0.3 is 5.69 Å². The summed E-state index contributed by atoms with van der Waals surface area (Å²) in [6, 6.07) is 9.23. The summed E-state index contributed by atoms with van der Waals surface area (Å²) in [6.45, 7) is 5.59. The fourth-order valence-corrected chi connectivity index (χ4v) is 3.71. The number of hydrogen-bond acceptors (Lipinski definition) is 6. The smallest absolute Gasteiger partial charge is 0.350 e. The molecule has 8 nitrogen and oxygen atoms in total. The lowest BCUT2D eigenvalue weighted by atomic mass is 10.2. The number of aromatic nitrogens is 6. The zero-order chi connectivity index (χ0) is 18.8. The molecule has 9 heteroatoms. The van der Waals surface area contributed by atoms with E-state index in [0.717, 1.165) is 17.5 Å². The van der Waals surface area contributed by atoms with Crippen LogP contribution in [0.3, 0.4) is 0 Å². The van der Waals surface area contributed by atoms with Crippen molar-refractivity contribution in [2.45, 2.75) is 32.1 Å². The van der Waals surface area contributed by atoms with E-state index >= 15 is 0 Å². The monoisotopic (exact) mass is 384 g/mol. The van der Waals surface area contributed by atoms with Crippen LogP contribution in [0.1, 0.15) is 13.8 Å². The van der Waals surface area contributed by atoms with Crippen molar-refractivity contribution >= 4 is 17.4 Å². The predicted molar refractivity (Wildman–Crippen MR) is 103 cm³/mol. The molecule has 0 aromatic carbocycles. The molecule has 4 aromatic rings. The first-order valence-electron chi connectivity index (χ1n) is 8.77. The summed E-state index contributed by atoms with van der Waals surface area (Å²) in [4.78, 5) is 12.4. The lowest BCUT2D eigenvalue weighted by molar-refractivity contribution is 0.489. The third kappa shape index (κ3) is 3.55. The van der Waals surface area contributed by atoms with Crippen molar-refractivity contribution in [1.29, 1.82) is 0 Å². The second kappa shape index (κ2) is 7.43. The minimum absolute atomic E-state index is 0.133. The predicted octanol–water partition coefficient (Wildman–Crippen LogP) is 2.80. The van der Waals surface area contributed by atoms with Crippen LogP contribution in [0.2, 0.25) is 0 Å². The zero-order valence-electron chi connectivity index (χ0n) is 15.1. The lowest BCUT2D eigenvalue weighted by Gasteiger charge is -2.11. The van der Waals surface area contributed by atoms with Crippen LogP contribution in [0.15, 0.2) is 57.2 Å². The van der Waals surface area contributed by atoms with Crippen LogP contribution in [0.25, 0.3) is 17.2 Å². The maximum atomic E-state index is 12.4. The van der Waals surface area contributed by atoms with E-state index in [1.807, 2.05) is 30.3 Å². The first kappa shape index (κ1) is 17.6. The average molecular weight is 384 g/mol. The van der Waals surface area contributed by atoms with Gasteiger partial charge in [-0.05, 0) is 30.2 Å². The van der Waals surface area contributed by atoms with Gasteiger partial charge in [-0.1, -0.05) is 31.7 Å². The third-order valence-corrected chi connectivity index (χ3v) is 4.98. The topological polar surface area (TPSA) is 83.2 Å². The molecular weight excluding hydrogens is 364 g/mol. The maximum absolute atomic E-state index is 12.4. The van der Waals surface area contributed by atoms with Crippen LogP contribution >= 0.6 is 11.8 Å². The van der Waals surface area contributed by atoms with E-state index < -0.39 is 0 Å². The normalized spacial score (nSPS) is 11.7. The van der Waals surface area contributed by atoms with Crippen LogP contribution in [0, 0.1) is 5.92 Å². The van der Waals surface area contributed by atoms with Gasteiger partial charge in [-0.15, -0.1) is 15.3 Å². The van der Waals surface area contributed by atoms with Crippen molar-refractivity contribution in [1.82, 2.24) is 28.9 Å². The molecule has 4 rings (SSSR count). The second-order valence-electron chi connectivity index (χ2n) is 6.57. The molecule has 0 N–H and O–H groups in total. The molecule has 0 bridgehead atoms. The van der Waals surface area contributed by atoms with Gasteiger partial charge in [0.2, 0.25) is 0 Å². The Bertz CT molecular complexity index is 1090. The highest BCUT2D eigenvalue weighted by molar-refractivity contribution is 7.99. The first-order valence-corrected chi connectivity index (χ1v) is 9.76. The van der Waals surface area contributed by atoms with Gasteiger partial charge in [-0.25, -0.2) is 9.48 Å². The van der Waals surface area contributed by atoms with E-state index in [2.05, 4.69) is 33.7 Å². The molecular formula is C18H20N6O2S. The molecule has 4 aromatic heterocycles. The number of rotatable bonds is 7. The summed E-state index contributed by atoms with van der Waals surface area (Å²) in [7, 11) is 0. The van der Waals surface area contributed by atoms with Crippen LogP contribution in [-0.2, 0) is 13.1 Å². The van der Waals surface area contributed by atoms with E-state index in [-0.39, 0.29) is 5.69 Å². The fraction of sp³-hybridized carbons (Fsp3) is 0.333. The quantitative estimate of drug-likeness (QED) is 0.456. The van der Waals surface area contributed by atoms with Crippen LogP contribution in [0.4, 0.5) is 0 Å². The Kier molecular flexibility index (Phi) is 4.85. The third-order valence-electron chi connectivity index (χ3n) is 4.03. The van der Waals surface area contributed by atoms with Crippen molar-refractivity contribution in [2.24, 2.45) is 5.92 Å². The molecule has 4 heterocycles. The van der Waals surface area contributed by atoms with E-state index in [4.69, 9.17) is 4.42 Å². The fourth-order valence-electron chi connectivity index (χ4n) is 2.85. The number of nitrogens with zero attached hydrogens (tertiary/aromatic N) is 6. The van der Waals surface area contributed by atoms with Crippen LogP contribution in [-0.4, -0.2) is 34.7 Å². The summed E-state index contributed by atoms with van der Waals surface area (Å²) in [5.41, 5.74) is 0.515. The number of hydrogen-bond donors (Lipinski definition) is 0. The Labute approximate surface area is 159 Å². The first-order chi connectivity index (χ1) is 13.1. The molecule has 0 radical (unpaired) electrons. The number of thioether (sulfide) groups is 1. The van der Waals surface area contributed by atoms with Crippen molar-refractivity contribution in [3.63, 3.8) is 0 Å². The number of aryl methyl sites for hydroxylation is 1. The highest BCUT2D eigenvalue weighted by Gasteiger charge is 2.17. The minimum atomic E-state index is -0.133. The van der Waals surface area contributed by atoms with Crippen molar-refractivity contribution < 1.29 is 4.42 Å². The molecule has 0 fully saturated rings. The average Bonchev–Trinajstić information content (AvgIpc) is 3.36. The van der Waals surface area contributed by atoms with E-state index in [9.17, 15) is 4.79 Å². The van der Waals surface area contributed by atoms with E-state index in [0.29, 0.717) is 29.6 Å². The van der Waals surface area contributed by atoms with Crippen molar-refractivity contribution in [3.05, 3.63) is 53.3 Å². The zero-order valence-corrected chi connectivity index (χ0v) is 16.0. The minimum Gasteiger partial charge on any atom is -0.461 e. The highest BCUT2D eigenvalue weighted by Crippen LogP contribution is 2.25. The Morgan fingerprint density at radius 3 is 2.81 bits per heavy atom. The molecule has 0 spiro atoms. The molecule has 0 saturated heterocycles. The standard InChI is InChI=1S/C18H20N6O2S/c1-13(2)12-23-16(14-6-5-10-26-14)19-20-17(23)27-11-9-24-18(25)22-8-4-3-7-15(22)21-24/h3-8,10,13H,9,11-12H2,1-2H3. The molecule has 0 atom stereocenters. The van der Waals surface area contributed by atoms with E-state index in [1.54, 1.807) is 28.6 Å². The summed E-state index contributed by atoms with van der Waals surface area (Å²) in [5.74, 6) is 2.53. The van der Waals surface area contributed by atoms with E-state index in [1.165, 1.54) is 4.68 Å². The molecule has 140 valence electrons. The van der Waals surface area contributed by atoms with Gasteiger partial charge in [0.1, 0.15) is 0 Å². The summed E-state index contributed by atoms with van der Waals surface area (Å²) in [6.07, 6.45) is 3.36. The Hall–Kier alpha value is -2.81. The summed E-state index contributed by atoms with van der Waals surface area (Å²) < 4.78 is 10.6.